The van der Waals surface area contributed by atoms with Crippen LogP contribution in [0.1, 0.15) is 34.5 Å². The molecule has 0 bridgehead atoms. The number of carbonyl (C=O) groups is 1. The van der Waals surface area contributed by atoms with Crippen LogP contribution in [0.25, 0.3) is 10.9 Å². The number of amides is 1. The Labute approximate surface area is 154 Å². The summed E-state index contributed by atoms with van der Waals surface area (Å²) >= 11 is 0. The topological polar surface area (TPSA) is 45.7 Å². The van der Waals surface area contributed by atoms with E-state index in [4.69, 9.17) is 4.74 Å². The number of aromatic nitrogens is 1. The highest BCUT2D eigenvalue weighted by Crippen LogP contribution is 2.22. The molecule has 1 aromatic heterocycles. The molecule has 0 aliphatic carbocycles. The number of ether oxygens (including phenoxy) is 1. The van der Waals surface area contributed by atoms with Crippen molar-refractivity contribution in [1.29, 1.82) is 0 Å². The highest BCUT2D eigenvalue weighted by atomic mass is 16.5. The predicted molar refractivity (Wildman–Crippen MR) is 103 cm³/mol. The zero-order chi connectivity index (χ0) is 18.1. The van der Waals surface area contributed by atoms with E-state index in [9.17, 15) is 4.79 Å². The van der Waals surface area contributed by atoms with Crippen molar-refractivity contribution in [2.24, 2.45) is 0 Å². The number of rotatable bonds is 3. The lowest BCUT2D eigenvalue weighted by Gasteiger charge is -2.36. The van der Waals surface area contributed by atoms with Gasteiger partial charge in [0.1, 0.15) is 0 Å². The van der Waals surface area contributed by atoms with E-state index in [0.717, 1.165) is 67.1 Å². The zero-order valence-corrected chi connectivity index (χ0v) is 15.7. The molecule has 0 radical (unpaired) electrons. The molecule has 2 aliphatic rings. The second kappa shape index (κ2) is 7.33. The molecule has 1 amide bonds. The molecule has 138 valence electrons. The number of hydrogen-bond acceptors (Lipinski definition) is 4. The molecule has 26 heavy (non-hydrogen) atoms. The van der Waals surface area contributed by atoms with Crippen LogP contribution in [0.2, 0.25) is 0 Å². The minimum atomic E-state index is 0.128. The summed E-state index contributed by atoms with van der Waals surface area (Å²) in [6.07, 6.45) is 2.73. The van der Waals surface area contributed by atoms with Gasteiger partial charge in [0.25, 0.3) is 5.91 Å². The number of carbonyl (C=O) groups excluding carboxylic acids is 1. The van der Waals surface area contributed by atoms with Gasteiger partial charge in [0.05, 0.1) is 17.2 Å². The number of piperazine rings is 1. The van der Waals surface area contributed by atoms with Crippen LogP contribution in [0.4, 0.5) is 0 Å². The number of aryl methyl sites for hydroxylation is 2. The lowest BCUT2D eigenvalue weighted by molar-refractivity contribution is 0.0433. The average molecular weight is 353 g/mol. The summed E-state index contributed by atoms with van der Waals surface area (Å²) in [4.78, 5) is 22.2. The number of hydrogen-bond donors (Lipinski definition) is 0. The third-order valence-corrected chi connectivity index (χ3v) is 5.47. The fraction of sp³-hybridized carbons (Fsp3) is 0.524. The summed E-state index contributed by atoms with van der Waals surface area (Å²) in [5, 5.41) is 0.961. The Morgan fingerprint density at radius 2 is 2.00 bits per heavy atom. The van der Waals surface area contributed by atoms with E-state index < -0.39 is 0 Å². The summed E-state index contributed by atoms with van der Waals surface area (Å²) in [7, 11) is 0. The van der Waals surface area contributed by atoms with Gasteiger partial charge in [0.15, 0.2) is 0 Å². The normalized spacial score (nSPS) is 21.5. The summed E-state index contributed by atoms with van der Waals surface area (Å²) in [6, 6.07) is 8.06. The first-order valence-electron chi connectivity index (χ1n) is 9.61. The fourth-order valence-corrected chi connectivity index (χ4v) is 4.03. The smallest absolute Gasteiger partial charge is 0.254 e. The van der Waals surface area contributed by atoms with Gasteiger partial charge in [-0.2, -0.15) is 0 Å². The van der Waals surface area contributed by atoms with Crippen LogP contribution >= 0.6 is 0 Å². The van der Waals surface area contributed by atoms with Gasteiger partial charge in [0.2, 0.25) is 0 Å². The molecule has 0 unspecified atom stereocenters. The predicted octanol–water partition coefficient (Wildman–Crippen LogP) is 2.79. The fourth-order valence-electron chi connectivity index (χ4n) is 4.03. The maximum Gasteiger partial charge on any atom is 0.254 e. The first-order chi connectivity index (χ1) is 12.6. The number of fused-ring (bicyclic) bond motifs is 1. The van der Waals surface area contributed by atoms with Crippen molar-refractivity contribution in [3.8, 4) is 0 Å². The van der Waals surface area contributed by atoms with E-state index in [-0.39, 0.29) is 5.91 Å². The third kappa shape index (κ3) is 3.60. The van der Waals surface area contributed by atoms with Gasteiger partial charge in [0, 0.05) is 50.4 Å². The highest BCUT2D eigenvalue weighted by molar-refractivity contribution is 6.06. The Morgan fingerprint density at radius 3 is 2.73 bits per heavy atom. The molecule has 2 aliphatic heterocycles. The minimum Gasteiger partial charge on any atom is -0.377 e. The van der Waals surface area contributed by atoms with Crippen molar-refractivity contribution in [2.75, 3.05) is 39.3 Å². The molecule has 5 heteroatoms. The zero-order valence-electron chi connectivity index (χ0n) is 15.7. The average Bonchev–Trinajstić information content (AvgIpc) is 3.14. The Bertz CT molecular complexity index is 806. The number of pyridine rings is 1. The van der Waals surface area contributed by atoms with Gasteiger partial charge in [-0.05, 0) is 44.9 Å². The maximum atomic E-state index is 13.2. The van der Waals surface area contributed by atoms with Crippen molar-refractivity contribution < 1.29 is 9.53 Å². The van der Waals surface area contributed by atoms with Gasteiger partial charge in [-0.25, -0.2) is 0 Å². The standard InChI is InChI=1S/C21H27N3O2/c1-15-5-6-20-18(12-15)19(13-16(2)22-20)21(25)24-9-7-23(8-10-24)14-17-4-3-11-26-17/h5-6,12-13,17H,3-4,7-11,14H2,1-2H3/t17-/m0/s1. The molecule has 0 spiro atoms. The van der Waals surface area contributed by atoms with Crippen molar-refractivity contribution in [1.82, 2.24) is 14.8 Å². The van der Waals surface area contributed by atoms with Gasteiger partial charge < -0.3 is 9.64 Å². The van der Waals surface area contributed by atoms with Crippen molar-refractivity contribution >= 4 is 16.8 Å². The second-order valence-electron chi connectivity index (χ2n) is 7.56. The van der Waals surface area contributed by atoms with Gasteiger partial charge in [-0.3, -0.25) is 14.7 Å². The largest absolute Gasteiger partial charge is 0.377 e. The van der Waals surface area contributed by atoms with Crippen LogP contribution in [0.5, 0.6) is 0 Å². The molecule has 2 aromatic rings. The Morgan fingerprint density at radius 1 is 1.19 bits per heavy atom. The molecule has 2 fully saturated rings. The number of benzene rings is 1. The van der Waals surface area contributed by atoms with Gasteiger partial charge in [-0.1, -0.05) is 11.6 Å². The molecule has 4 rings (SSSR count). The van der Waals surface area contributed by atoms with Gasteiger partial charge in [-0.15, -0.1) is 0 Å². The van der Waals surface area contributed by atoms with E-state index in [1.54, 1.807) is 0 Å². The minimum absolute atomic E-state index is 0.128. The van der Waals surface area contributed by atoms with Crippen LogP contribution in [0, 0.1) is 13.8 Å². The summed E-state index contributed by atoms with van der Waals surface area (Å²) < 4.78 is 5.74. The third-order valence-electron chi connectivity index (χ3n) is 5.47. The van der Waals surface area contributed by atoms with Crippen LogP contribution in [0.3, 0.4) is 0 Å². The summed E-state index contributed by atoms with van der Waals surface area (Å²) in [6.45, 7) is 9.31. The lowest BCUT2D eigenvalue weighted by atomic mass is 10.0. The van der Waals surface area contributed by atoms with Crippen LogP contribution in [0.15, 0.2) is 24.3 Å². The van der Waals surface area contributed by atoms with E-state index >= 15 is 0 Å². The first-order valence-corrected chi connectivity index (χ1v) is 9.61. The summed E-state index contributed by atoms with van der Waals surface area (Å²) in [5.74, 6) is 0.128. The molecule has 0 saturated carbocycles. The van der Waals surface area contributed by atoms with Crippen molar-refractivity contribution in [3.63, 3.8) is 0 Å². The molecule has 1 aromatic carbocycles. The summed E-state index contributed by atoms with van der Waals surface area (Å²) in [5.41, 5.74) is 3.72. The molecule has 5 nitrogen and oxygen atoms in total. The molecular weight excluding hydrogens is 326 g/mol. The Hall–Kier alpha value is -1.98. The molecule has 0 N–H and O–H groups in total. The highest BCUT2D eigenvalue weighted by Gasteiger charge is 2.26. The van der Waals surface area contributed by atoms with E-state index in [2.05, 4.69) is 22.9 Å². The van der Waals surface area contributed by atoms with Crippen LogP contribution in [-0.4, -0.2) is 66.1 Å². The Balaban J connectivity index is 1.48. The SMILES string of the molecule is Cc1ccc2nc(C)cc(C(=O)N3CCN(C[C@@H]4CCCO4)CC3)c2c1. The molecule has 2 saturated heterocycles. The molecular formula is C21H27N3O2. The monoisotopic (exact) mass is 353 g/mol. The van der Waals surface area contributed by atoms with Crippen molar-refractivity contribution in [3.05, 3.63) is 41.1 Å². The van der Waals surface area contributed by atoms with E-state index in [1.807, 2.05) is 30.0 Å². The number of nitrogens with zero attached hydrogens (tertiary/aromatic N) is 3. The first kappa shape index (κ1) is 17.4. The lowest BCUT2D eigenvalue weighted by Crippen LogP contribution is -2.50. The second-order valence-corrected chi connectivity index (χ2v) is 7.56. The van der Waals surface area contributed by atoms with Crippen LogP contribution in [-0.2, 0) is 4.74 Å². The van der Waals surface area contributed by atoms with Crippen molar-refractivity contribution in [2.45, 2.75) is 32.8 Å². The maximum absolute atomic E-state index is 13.2. The molecule has 3 heterocycles. The molecule has 1 atom stereocenters. The van der Waals surface area contributed by atoms with Crippen LogP contribution < -0.4 is 0 Å². The van der Waals surface area contributed by atoms with E-state index in [0.29, 0.717) is 6.10 Å². The quantitative estimate of drug-likeness (QED) is 0.851. The van der Waals surface area contributed by atoms with Gasteiger partial charge >= 0.3 is 0 Å². The Kier molecular flexibility index (Phi) is 4.92. The van der Waals surface area contributed by atoms with E-state index in [1.165, 1.54) is 12.8 Å².